The zero-order valence-electron chi connectivity index (χ0n) is 17.8. The first-order valence-electron chi connectivity index (χ1n) is 10.8. The number of ketones is 2. The van der Waals surface area contributed by atoms with Crippen molar-refractivity contribution in [1.29, 1.82) is 0 Å². The smallest absolute Gasteiger partial charge is 0.251 e. The first-order valence-corrected chi connectivity index (χ1v) is 10.8. The molecule has 2 amide bonds. The minimum atomic E-state index is -0.782. The first-order chi connectivity index (χ1) is 15.6. The van der Waals surface area contributed by atoms with Gasteiger partial charge in [0.05, 0.1) is 0 Å². The Labute approximate surface area is 187 Å². The molecule has 0 spiro atoms. The van der Waals surface area contributed by atoms with Gasteiger partial charge in [-0.2, -0.15) is 0 Å². The van der Waals surface area contributed by atoms with Crippen molar-refractivity contribution < 1.29 is 19.2 Å². The van der Waals surface area contributed by atoms with Crippen LogP contribution >= 0.6 is 0 Å². The summed E-state index contributed by atoms with van der Waals surface area (Å²) in [7, 11) is 0. The zero-order valence-corrected chi connectivity index (χ0v) is 17.8. The van der Waals surface area contributed by atoms with Crippen LogP contribution in [0.25, 0.3) is 0 Å². The second-order valence-corrected chi connectivity index (χ2v) is 7.53. The number of rotatable bonds is 12. The van der Waals surface area contributed by atoms with Crippen molar-refractivity contribution in [3.63, 3.8) is 0 Å². The van der Waals surface area contributed by atoms with Gasteiger partial charge in [0, 0.05) is 24.2 Å². The quantitative estimate of drug-likeness (QED) is 0.287. The molecule has 0 unspecified atom stereocenters. The molecule has 0 bridgehead atoms. The van der Waals surface area contributed by atoms with Crippen molar-refractivity contribution >= 4 is 23.4 Å². The van der Waals surface area contributed by atoms with E-state index in [-0.39, 0.29) is 23.4 Å². The van der Waals surface area contributed by atoms with Crippen molar-refractivity contribution in [2.24, 2.45) is 0 Å². The molecule has 32 heavy (non-hydrogen) atoms. The van der Waals surface area contributed by atoms with Crippen molar-refractivity contribution in [3.05, 3.63) is 71.8 Å². The largest absolute Gasteiger partial charge is 0.352 e. The van der Waals surface area contributed by atoms with Gasteiger partial charge >= 0.3 is 0 Å². The fraction of sp³-hybridized carbons (Fsp3) is 0.333. The van der Waals surface area contributed by atoms with Gasteiger partial charge in [-0.1, -0.05) is 36.4 Å². The van der Waals surface area contributed by atoms with Gasteiger partial charge in [0.25, 0.3) is 11.8 Å². The van der Waals surface area contributed by atoms with E-state index in [1.165, 1.54) is 0 Å². The summed E-state index contributed by atoms with van der Waals surface area (Å²) in [5.74, 6) is -0.635. The number of carbonyl (C=O) groups excluding carboxylic acids is 4. The lowest BCUT2D eigenvalue weighted by atomic mass is 9.83. The second kappa shape index (κ2) is 11.9. The average Bonchev–Trinajstić information content (AvgIpc) is 2.84. The molecule has 0 heterocycles. The minimum absolute atomic E-state index is 0.148. The van der Waals surface area contributed by atoms with Gasteiger partial charge in [0.1, 0.15) is 12.1 Å². The fourth-order valence-electron chi connectivity index (χ4n) is 3.38. The van der Waals surface area contributed by atoms with Crippen LogP contribution < -0.4 is 21.3 Å². The predicted octanol–water partition coefficient (Wildman–Crippen LogP) is 0.695. The molecule has 4 N–H and O–H groups in total. The molecule has 0 saturated heterocycles. The molecule has 8 nitrogen and oxygen atoms in total. The summed E-state index contributed by atoms with van der Waals surface area (Å²) in [6.07, 6.45) is 1.21. The second-order valence-electron chi connectivity index (χ2n) is 7.53. The van der Waals surface area contributed by atoms with Gasteiger partial charge < -0.3 is 21.3 Å². The van der Waals surface area contributed by atoms with E-state index in [1.807, 2.05) is 12.1 Å². The van der Waals surface area contributed by atoms with E-state index in [2.05, 4.69) is 21.3 Å². The van der Waals surface area contributed by atoms with E-state index < -0.39 is 12.1 Å². The molecular formula is C24H28N4O4. The van der Waals surface area contributed by atoms with Crippen LogP contribution in [-0.4, -0.2) is 61.6 Å². The Kier molecular flexibility index (Phi) is 8.65. The molecule has 0 radical (unpaired) electrons. The van der Waals surface area contributed by atoms with E-state index >= 15 is 0 Å². The maximum atomic E-state index is 12.2. The Balaban J connectivity index is 1.24. The van der Waals surface area contributed by atoms with Crippen molar-refractivity contribution in [3.8, 4) is 0 Å². The summed E-state index contributed by atoms with van der Waals surface area (Å²) in [4.78, 5) is 48.3. The fourth-order valence-corrected chi connectivity index (χ4v) is 3.38. The van der Waals surface area contributed by atoms with E-state index in [9.17, 15) is 19.2 Å². The standard InChI is InChI=1S/C24H28N4O4/c29-21-19(25-13-7-15-27-23(31)17-9-3-1-4-10-17)22(30)20(21)26-14-8-16-28-24(32)18-11-5-2-6-12-18/h1-6,9-12,19-20,25-26H,7-8,13-16H2,(H,27,31)(H,28,32). The third-order valence-corrected chi connectivity index (χ3v) is 5.19. The predicted molar refractivity (Wildman–Crippen MR) is 120 cm³/mol. The van der Waals surface area contributed by atoms with Gasteiger partial charge in [-0.25, -0.2) is 0 Å². The Bertz CT molecular complexity index is 844. The van der Waals surface area contributed by atoms with Crippen LogP contribution in [0.2, 0.25) is 0 Å². The van der Waals surface area contributed by atoms with Gasteiger partial charge in [-0.3, -0.25) is 19.2 Å². The van der Waals surface area contributed by atoms with E-state index in [0.29, 0.717) is 50.1 Å². The SMILES string of the molecule is O=C(NCCCNC1C(=O)C(NCCCNC(=O)c2ccccc2)C1=O)c1ccccc1. The summed E-state index contributed by atoms with van der Waals surface area (Å²) < 4.78 is 0. The Morgan fingerprint density at radius 3 is 1.34 bits per heavy atom. The normalized spacial score (nSPS) is 17.5. The number of benzene rings is 2. The average molecular weight is 437 g/mol. The van der Waals surface area contributed by atoms with Crippen LogP contribution in [-0.2, 0) is 9.59 Å². The first kappa shape index (κ1) is 23.3. The van der Waals surface area contributed by atoms with E-state index in [0.717, 1.165) is 0 Å². The highest BCUT2D eigenvalue weighted by Gasteiger charge is 2.48. The molecule has 168 valence electrons. The molecule has 2 aromatic rings. The van der Waals surface area contributed by atoms with Crippen LogP contribution in [0.15, 0.2) is 60.7 Å². The van der Waals surface area contributed by atoms with Crippen molar-refractivity contribution in [2.45, 2.75) is 24.9 Å². The number of hydrogen-bond acceptors (Lipinski definition) is 6. The van der Waals surface area contributed by atoms with E-state index in [1.54, 1.807) is 48.5 Å². The number of Topliss-reactive ketones (excluding diaryl/α,β-unsaturated/α-hetero) is 2. The topological polar surface area (TPSA) is 116 Å². The maximum absolute atomic E-state index is 12.2. The molecule has 1 aliphatic carbocycles. The highest BCUT2D eigenvalue weighted by Crippen LogP contribution is 2.11. The molecule has 8 heteroatoms. The molecule has 1 aliphatic rings. The lowest BCUT2D eigenvalue weighted by Gasteiger charge is -2.33. The molecule has 0 atom stereocenters. The number of nitrogens with one attached hydrogen (secondary N) is 4. The van der Waals surface area contributed by atoms with Crippen molar-refractivity contribution in [2.75, 3.05) is 26.2 Å². The molecule has 1 fully saturated rings. The Morgan fingerprint density at radius 2 is 0.969 bits per heavy atom. The Hall–Kier alpha value is -3.36. The van der Waals surface area contributed by atoms with Crippen molar-refractivity contribution in [1.82, 2.24) is 21.3 Å². The van der Waals surface area contributed by atoms with E-state index in [4.69, 9.17) is 0 Å². The summed E-state index contributed by atoms with van der Waals surface area (Å²) >= 11 is 0. The third-order valence-electron chi connectivity index (χ3n) is 5.19. The molecule has 2 aromatic carbocycles. The monoisotopic (exact) mass is 436 g/mol. The van der Waals surface area contributed by atoms with Gasteiger partial charge in [0.2, 0.25) is 0 Å². The van der Waals surface area contributed by atoms with Crippen LogP contribution in [0.3, 0.4) is 0 Å². The highest BCUT2D eigenvalue weighted by atomic mass is 16.2. The Morgan fingerprint density at radius 1 is 0.594 bits per heavy atom. The van der Waals surface area contributed by atoms with Crippen LogP contribution in [0.4, 0.5) is 0 Å². The summed E-state index contributed by atoms with van der Waals surface area (Å²) in [6.45, 7) is 1.81. The van der Waals surface area contributed by atoms with Gasteiger partial charge in [-0.15, -0.1) is 0 Å². The number of carbonyl (C=O) groups is 4. The van der Waals surface area contributed by atoms with Crippen LogP contribution in [0.5, 0.6) is 0 Å². The third kappa shape index (κ3) is 6.32. The molecule has 3 rings (SSSR count). The lowest BCUT2D eigenvalue weighted by Crippen LogP contribution is -2.69. The number of amides is 2. The lowest BCUT2D eigenvalue weighted by molar-refractivity contribution is -0.144. The van der Waals surface area contributed by atoms with Crippen LogP contribution in [0, 0.1) is 0 Å². The maximum Gasteiger partial charge on any atom is 0.251 e. The molecular weight excluding hydrogens is 408 g/mol. The number of hydrogen-bond donors (Lipinski definition) is 4. The van der Waals surface area contributed by atoms with Gasteiger partial charge in [0.15, 0.2) is 11.6 Å². The zero-order chi connectivity index (χ0) is 22.8. The summed E-state index contributed by atoms with van der Waals surface area (Å²) in [6, 6.07) is 16.3. The minimum Gasteiger partial charge on any atom is -0.352 e. The molecule has 0 aromatic heterocycles. The highest BCUT2D eigenvalue weighted by molar-refractivity contribution is 6.30. The van der Waals surface area contributed by atoms with Gasteiger partial charge in [-0.05, 0) is 50.2 Å². The summed E-state index contributed by atoms with van der Waals surface area (Å²) in [5, 5.41) is 11.5. The molecule has 1 saturated carbocycles. The summed E-state index contributed by atoms with van der Waals surface area (Å²) in [5.41, 5.74) is 1.19. The molecule has 0 aliphatic heterocycles. The van der Waals surface area contributed by atoms with Crippen LogP contribution in [0.1, 0.15) is 33.6 Å².